The fourth-order valence-electron chi connectivity index (χ4n) is 2.18. The molecule has 0 atom stereocenters. The minimum Gasteiger partial charge on any atom is -0.478 e. The lowest BCUT2D eigenvalue weighted by molar-refractivity contribution is -0.118. The van der Waals surface area contributed by atoms with E-state index in [9.17, 15) is 14.7 Å². The summed E-state index contributed by atoms with van der Waals surface area (Å²) >= 11 is 3.35. The zero-order valence-electron chi connectivity index (χ0n) is 9.86. The highest BCUT2D eigenvalue weighted by Crippen LogP contribution is 2.32. The van der Waals surface area contributed by atoms with Gasteiger partial charge in [0.05, 0.1) is 11.3 Å². The van der Waals surface area contributed by atoms with E-state index >= 15 is 0 Å². The van der Waals surface area contributed by atoms with Crippen molar-refractivity contribution in [2.75, 3.05) is 11.4 Å². The van der Waals surface area contributed by atoms with Gasteiger partial charge in [0.15, 0.2) is 0 Å². The molecule has 96 valence electrons. The number of carboxylic acid groups (broad SMARTS) is 1. The van der Waals surface area contributed by atoms with Crippen LogP contribution in [0.25, 0.3) is 0 Å². The number of anilines is 1. The van der Waals surface area contributed by atoms with Crippen molar-refractivity contribution >= 4 is 33.5 Å². The Labute approximate surface area is 114 Å². The molecule has 2 rings (SSSR count). The van der Waals surface area contributed by atoms with Crippen LogP contribution in [0.3, 0.4) is 0 Å². The third-order valence-corrected chi connectivity index (χ3v) is 3.70. The summed E-state index contributed by atoms with van der Waals surface area (Å²) in [5.41, 5.74) is 0.650. The first-order valence-electron chi connectivity index (χ1n) is 5.93. The molecule has 1 fully saturated rings. The molecule has 0 spiro atoms. The van der Waals surface area contributed by atoms with Gasteiger partial charge in [-0.1, -0.05) is 12.5 Å². The van der Waals surface area contributed by atoms with Crippen LogP contribution in [0.15, 0.2) is 22.7 Å². The van der Waals surface area contributed by atoms with E-state index in [1.165, 1.54) is 6.07 Å². The number of carbonyl (C=O) groups is 2. The summed E-state index contributed by atoms with van der Waals surface area (Å²) in [5, 5.41) is 9.22. The van der Waals surface area contributed by atoms with Crippen molar-refractivity contribution in [1.82, 2.24) is 0 Å². The number of para-hydroxylation sites is 1. The van der Waals surface area contributed by atoms with E-state index < -0.39 is 5.97 Å². The molecule has 1 amide bonds. The first kappa shape index (κ1) is 13.1. The molecule has 0 bridgehead atoms. The van der Waals surface area contributed by atoms with E-state index in [-0.39, 0.29) is 11.5 Å². The van der Waals surface area contributed by atoms with Gasteiger partial charge < -0.3 is 10.0 Å². The number of hydrogen-bond acceptors (Lipinski definition) is 2. The van der Waals surface area contributed by atoms with Crippen molar-refractivity contribution in [2.24, 2.45) is 0 Å². The number of carbonyl (C=O) groups excluding carboxylic acids is 1. The van der Waals surface area contributed by atoms with E-state index in [1.807, 2.05) is 0 Å². The Hall–Kier alpha value is -1.36. The minimum atomic E-state index is -1.01. The molecule has 1 aromatic rings. The summed E-state index contributed by atoms with van der Waals surface area (Å²) in [7, 11) is 0. The SMILES string of the molecule is O=C(O)c1cccc(Br)c1N1CCCCCC1=O. The molecule has 0 radical (unpaired) electrons. The quantitative estimate of drug-likeness (QED) is 0.913. The Kier molecular flexibility index (Phi) is 4.01. The molecule has 1 aromatic carbocycles. The lowest BCUT2D eigenvalue weighted by atomic mass is 10.1. The fraction of sp³-hybridized carbons (Fsp3) is 0.385. The molecule has 0 aromatic heterocycles. The van der Waals surface area contributed by atoms with Gasteiger partial charge in [0.1, 0.15) is 0 Å². The van der Waals surface area contributed by atoms with Crippen LogP contribution in [0.2, 0.25) is 0 Å². The molecule has 1 aliphatic rings. The maximum atomic E-state index is 12.1. The molecule has 1 N–H and O–H groups in total. The minimum absolute atomic E-state index is 0.00176. The summed E-state index contributed by atoms with van der Waals surface area (Å²) in [4.78, 5) is 24.9. The smallest absolute Gasteiger partial charge is 0.337 e. The Morgan fingerprint density at radius 2 is 2.06 bits per heavy atom. The van der Waals surface area contributed by atoms with Crippen LogP contribution >= 0.6 is 15.9 Å². The van der Waals surface area contributed by atoms with Gasteiger partial charge in [-0.15, -0.1) is 0 Å². The molecule has 1 heterocycles. The van der Waals surface area contributed by atoms with Crippen molar-refractivity contribution in [3.63, 3.8) is 0 Å². The lowest BCUT2D eigenvalue weighted by Crippen LogP contribution is -2.31. The first-order chi connectivity index (χ1) is 8.61. The zero-order chi connectivity index (χ0) is 13.1. The number of halogens is 1. The normalized spacial score (nSPS) is 16.5. The van der Waals surface area contributed by atoms with Crippen LogP contribution in [0.4, 0.5) is 5.69 Å². The highest BCUT2D eigenvalue weighted by Gasteiger charge is 2.24. The molecule has 0 aliphatic carbocycles. The van der Waals surface area contributed by atoms with Crippen molar-refractivity contribution in [1.29, 1.82) is 0 Å². The van der Waals surface area contributed by atoms with Gasteiger partial charge >= 0.3 is 5.97 Å². The van der Waals surface area contributed by atoms with Crippen LogP contribution in [0.1, 0.15) is 36.0 Å². The molecule has 1 aliphatic heterocycles. The van der Waals surface area contributed by atoms with Gasteiger partial charge in [-0.05, 0) is 40.9 Å². The summed E-state index contributed by atoms with van der Waals surface area (Å²) < 4.78 is 0.651. The van der Waals surface area contributed by atoms with Gasteiger partial charge in [-0.25, -0.2) is 4.79 Å². The van der Waals surface area contributed by atoms with Gasteiger partial charge in [0.25, 0.3) is 0 Å². The predicted molar refractivity (Wildman–Crippen MR) is 71.9 cm³/mol. The van der Waals surface area contributed by atoms with Crippen LogP contribution in [-0.4, -0.2) is 23.5 Å². The Morgan fingerprint density at radius 3 is 2.78 bits per heavy atom. The van der Waals surface area contributed by atoms with E-state index in [2.05, 4.69) is 15.9 Å². The third-order valence-electron chi connectivity index (χ3n) is 3.06. The molecule has 4 nitrogen and oxygen atoms in total. The van der Waals surface area contributed by atoms with Crippen molar-refractivity contribution in [3.8, 4) is 0 Å². The highest BCUT2D eigenvalue weighted by atomic mass is 79.9. The Morgan fingerprint density at radius 1 is 1.28 bits per heavy atom. The fourth-order valence-corrected chi connectivity index (χ4v) is 2.76. The van der Waals surface area contributed by atoms with E-state index in [1.54, 1.807) is 17.0 Å². The van der Waals surface area contributed by atoms with Gasteiger partial charge in [-0.3, -0.25) is 4.79 Å². The molecule has 0 saturated carbocycles. The highest BCUT2D eigenvalue weighted by molar-refractivity contribution is 9.10. The first-order valence-corrected chi connectivity index (χ1v) is 6.72. The van der Waals surface area contributed by atoms with Crippen LogP contribution in [0.5, 0.6) is 0 Å². The molecular formula is C13H14BrNO3. The predicted octanol–water partition coefficient (Wildman–Crippen LogP) is 3.05. The number of aromatic carboxylic acids is 1. The molecule has 5 heteroatoms. The maximum absolute atomic E-state index is 12.1. The maximum Gasteiger partial charge on any atom is 0.337 e. The second kappa shape index (κ2) is 5.52. The number of amides is 1. The van der Waals surface area contributed by atoms with Crippen molar-refractivity contribution in [3.05, 3.63) is 28.2 Å². The van der Waals surface area contributed by atoms with E-state index in [4.69, 9.17) is 0 Å². The molecular weight excluding hydrogens is 298 g/mol. The average molecular weight is 312 g/mol. The molecule has 18 heavy (non-hydrogen) atoms. The van der Waals surface area contributed by atoms with Gasteiger partial charge in [0.2, 0.25) is 5.91 Å². The Bertz CT molecular complexity index is 487. The number of benzene rings is 1. The topological polar surface area (TPSA) is 57.6 Å². The second-order valence-electron chi connectivity index (χ2n) is 4.30. The zero-order valence-corrected chi connectivity index (χ0v) is 11.4. The number of carboxylic acids is 1. The molecule has 0 unspecified atom stereocenters. The standard InChI is InChI=1S/C13H14BrNO3/c14-10-6-4-5-9(13(17)18)12(10)15-8-3-1-2-7-11(15)16/h4-6H,1-3,7-8H2,(H,17,18). The monoisotopic (exact) mass is 311 g/mol. The third kappa shape index (κ3) is 2.56. The number of rotatable bonds is 2. The van der Waals surface area contributed by atoms with Gasteiger partial charge in [-0.2, -0.15) is 0 Å². The summed E-state index contributed by atoms with van der Waals surface area (Å²) in [6.07, 6.45) is 3.28. The largest absolute Gasteiger partial charge is 0.478 e. The average Bonchev–Trinajstić information content (AvgIpc) is 2.54. The number of hydrogen-bond donors (Lipinski definition) is 1. The summed E-state index contributed by atoms with van der Waals surface area (Å²) in [6.45, 7) is 0.585. The van der Waals surface area contributed by atoms with Gasteiger partial charge in [0, 0.05) is 17.4 Å². The van der Waals surface area contributed by atoms with Crippen molar-refractivity contribution < 1.29 is 14.7 Å². The van der Waals surface area contributed by atoms with Crippen LogP contribution in [-0.2, 0) is 4.79 Å². The Balaban J connectivity index is 2.48. The lowest BCUT2D eigenvalue weighted by Gasteiger charge is -2.23. The number of nitrogens with zero attached hydrogens (tertiary/aromatic N) is 1. The second-order valence-corrected chi connectivity index (χ2v) is 5.15. The molecule has 1 saturated heterocycles. The van der Waals surface area contributed by atoms with Crippen molar-refractivity contribution in [2.45, 2.75) is 25.7 Å². The van der Waals surface area contributed by atoms with Crippen LogP contribution < -0.4 is 4.90 Å². The summed E-state index contributed by atoms with van der Waals surface area (Å²) in [6, 6.07) is 4.96. The van der Waals surface area contributed by atoms with E-state index in [0.29, 0.717) is 23.1 Å². The van der Waals surface area contributed by atoms with Crippen LogP contribution in [0, 0.1) is 0 Å². The summed E-state index contributed by atoms with van der Waals surface area (Å²) in [5.74, 6) is -1.01. The van der Waals surface area contributed by atoms with E-state index in [0.717, 1.165) is 19.3 Å².